The van der Waals surface area contributed by atoms with Crippen LogP contribution in [0.15, 0.2) is 97.1 Å². The average Bonchev–Trinajstić information content (AvgIpc) is 1.66. The van der Waals surface area contributed by atoms with Crippen LogP contribution < -0.4 is 52.0 Å². The van der Waals surface area contributed by atoms with E-state index < -0.39 is 121 Å². The smallest absolute Gasteiger partial charge is 0.290 e. The van der Waals surface area contributed by atoms with Crippen LogP contribution in [0, 0.1) is 23.7 Å². The summed E-state index contributed by atoms with van der Waals surface area (Å²) in [4.78, 5) is 197. The van der Waals surface area contributed by atoms with E-state index in [-0.39, 0.29) is 111 Å². The minimum atomic E-state index is -1.23. The molecular formula is C92H124N12O18. The quantitative estimate of drug-likeness (QED) is 0.0436. The third-order valence-electron chi connectivity index (χ3n) is 24.8. The second kappa shape index (κ2) is 45.0. The Labute approximate surface area is 715 Å². The largest absolute Gasteiger partial charge is 0.494 e. The molecule has 0 radical (unpaired) electrons. The molecule has 4 aromatic rings. The molecule has 4 heterocycles. The van der Waals surface area contributed by atoms with E-state index >= 15 is 0 Å². The summed E-state index contributed by atoms with van der Waals surface area (Å²) >= 11 is 0. The van der Waals surface area contributed by atoms with Crippen LogP contribution in [0.2, 0.25) is 0 Å². The van der Waals surface area contributed by atoms with E-state index in [0.717, 1.165) is 97.6 Å². The Morgan fingerprint density at radius 2 is 0.811 bits per heavy atom. The van der Waals surface area contributed by atoms with E-state index in [0.29, 0.717) is 102 Å². The molecule has 8 bridgehead atoms. The second-order valence-electron chi connectivity index (χ2n) is 34.3. The molecule has 4 aromatic carbocycles. The molecule has 30 heteroatoms. The number of fused-ring (bicyclic) bond motifs is 10. The molecule has 30 nitrogen and oxygen atoms in total. The summed E-state index contributed by atoms with van der Waals surface area (Å²) in [6.07, 6.45) is 14.7. The van der Waals surface area contributed by atoms with E-state index in [4.69, 9.17) is 18.9 Å². The van der Waals surface area contributed by atoms with Crippen LogP contribution in [-0.2, 0) is 115 Å². The van der Waals surface area contributed by atoms with Crippen molar-refractivity contribution in [1.82, 2.24) is 62.1 Å². The molecule has 12 amide bonds. The van der Waals surface area contributed by atoms with Gasteiger partial charge in [-0.3, -0.25) is 67.1 Å². The van der Waals surface area contributed by atoms with E-state index in [1.54, 1.807) is 28.2 Å². The number of hydrogen-bond acceptors (Lipinski definition) is 18. The zero-order valence-electron chi connectivity index (χ0n) is 71.5. The van der Waals surface area contributed by atoms with E-state index in [1.165, 1.54) is 19.6 Å². The number of carbonyl (C=O) groups is 14. The number of nitrogens with one attached hydrogen (secondary N) is 8. The molecule has 12 rings (SSSR count). The van der Waals surface area contributed by atoms with Gasteiger partial charge in [0.05, 0.1) is 63.4 Å². The minimum Gasteiger partial charge on any atom is -0.494 e. The summed E-state index contributed by atoms with van der Waals surface area (Å²) in [6, 6.07) is 22.6. The van der Waals surface area contributed by atoms with Crippen molar-refractivity contribution >= 4 is 82.5 Å². The van der Waals surface area contributed by atoms with Gasteiger partial charge in [-0.15, -0.1) is 0 Å². The Morgan fingerprint density at radius 3 is 1.16 bits per heavy atom. The molecule has 4 aliphatic carbocycles. The second-order valence-corrected chi connectivity index (χ2v) is 34.3. The van der Waals surface area contributed by atoms with Crippen LogP contribution >= 0.6 is 0 Å². The lowest BCUT2D eigenvalue weighted by Crippen LogP contribution is -2.58. The number of ketones is 2. The summed E-state index contributed by atoms with van der Waals surface area (Å²) in [5, 5.41) is 22.0. The van der Waals surface area contributed by atoms with Crippen molar-refractivity contribution < 1.29 is 86.1 Å². The van der Waals surface area contributed by atoms with Crippen molar-refractivity contribution in [3.8, 4) is 11.5 Å². The summed E-state index contributed by atoms with van der Waals surface area (Å²) in [5.74, 6) is -7.60. The Morgan fingerprint density at radius 1 is 0.451 bits per heavy atom. The molecule has 2 saturated carbocycles. The van der Waals surface area contributed by atoms with Crippen LogP contribution in [0.1, 0.15) is 176 Å². The van der Waals surface area contributed by atoms with Crippen LogP contribution in [0.5, 0.6) is 11.5 Å². The number of amides is 12. The molecule has 0 spiro atoms. The van der Waals surface area contributed by atoms with Gasteiger partial charge >= 0.3 is 0 Å². The molecule has 122 heavy (non-hydrogen) atoms. The lowest BCUT2D eigenvalue weighted by Gasteiger charge is -2.35. The van der Waals surface area contributed by atoms with E-state index in [1.807, 2.05) is 111 Å². The number of hydrogen-bond donors (Lipinski definition) is 8. The van der Waals surface area contributed by atoms with Gasteiger partial charge in [0.15, 0.2) is 0 Å². The number of benzene rings is 4. The highest BCUT2D eigenvalue weighted by Gasteiger charge is 2.49. The van der Waals surface area contributed by atoms with Gasteiger partial charge in [-0.25, -0.2) is 0 Å². The average molecular weight is 1690 g/mol. The Bertz CT molecular complexity index is 4050. The molecule has 660 valence electrons. The number of rotatable bonds is 24. The molecule has 8 aliphatic rings. The molecular weight excluding hydrogens is 1560 g/mol. The van der Waals surface area contributed by atoms with Gasteiger partial charge in [0.2, 0.25) is 70.6 Å². The highest BCUT2D eigenvalue weighted by atomic mass is 16.5. The predicted molar refractivity (Wildman–Crippen MR) is 452 cm³/mol. The minimum absolute atomic E-state index is 0.0536. The SMILES string of the molecule is CCC[C@@H](NC(=O)[C@@H]1C[C@@H]2CN1C(=O)[C@H](C1CCCCC1)NC(=O)Cc1cccc(c1)OCCCCO2)C(=O)C(=O)NCC(=O)N[C@H](C(=O)N(C)C)C1Cc2ccccc2C1.CCC[C@H](NC(=O)[C@@H]1C[C@@H]2CN1C(=O)[C@H](C1CCCCC1)NC(=O)Cc1cccc(c1)OCCCCO2)C(=O)C(=O)NCC(=O)N[C@H](C(=O)N(C)C)C1Cc2ccccc2C1. The first-order valence-electron chi connectivity index (χ1n) is 44.1. The van der Waals surface area contributed by atoms with Crippen molar-refractivity contribution in [3.63, 3.8) is 0 Å². The van der Waals surface area contributed by atoms with Crippen molar-refractivity contribution in [2.75, 3.05) is 80.8 Å². The predicted octanol–water partition coefficient (Wildman–Crippen LogP) is 4.82. The highest BCUT2D eigenvalue weighted by molar-refractivity contribution is 6.39. The summed E-state index contributed by atoms with van der Waals surface area (Å²) in [5.41, 5.74) is 5.99. The first kappa shape index (κ1) is 92.1. The van der Waals surface area contributed by atoms with Gasteiger partial charge in [0.25, 0.3) is 11.8 Å². The fourth-order valence-electron chi connectivity index (χ4n) is 18.4. The van der Waals surface area contributed by atoms with Crippen molar-refractivity contribution in [2.45, 2.75) is 241 Å². The third kappa shape index (κ3) is 25.3. The number of nitrogens with zero attached hydrogens (tertiary/aromatic N) is 4. The summed E-state index contributed by atoms with van der Waals surface area (Å²) < 4.78 is 24.3. The van der Waals surface area contributed by atoms with Gasteiger partial charge in [0, 0.05) is 67.3 Å². The third-order valence-corrected chi connectivity index (χ3v) is 24.8. The maximum Gasteiger partial charge on any atom is 0.290 e. The van der Waals surface area contributed by atoms with E-state index in [2.05, 4.69) is 42.5 Å². The van der Waals surface area contributed by atoms with Gasteiger partial charge in [0.1, 0.15) is 47.8 Å². The molecule has 8 N–H and O–H groups in total. The Balaban J connectivity index is 0.000000238. The van der Waals surface area contributed by atoms with Crippen LogP contribution in [-0.4, -0.2) is 243 Å². The topological polar surface area (TPSA) is 385 Å². The lowest BCUT2D eigenvalue weighted by atomic mass is 9.83. The lowest BCUT2D eigenvalue weighted by molar-refractivity contribution is -0.144. The van der Waals surface area contributed by atoms with Crippen LogP contribution in [0.4, 0.5) is 0 Å². The van der Waals surface area contributed by atoms with E-state index in [9.17, 15) is 67.1 Å². The molecule has 0 aromatic heterocycles. The van der Waals surface area contributed by atoms with Crippen molar-refractivity contribution in [2.24, 2.45) is 23.7 Å². The maximum absolute atomic E-state index is 14.6. The molecule has 0 unspecified atom stereocenters. The molecule has 10 atom stereocenters. The normalized spacial score (nSPS) is 22.4. The number of carbonyl (C=O) groups excluding carboxylic acids is 14. The first-order valence-corrected chi connectivity index (χ1v) is 44.1. The summed E-state index contributed by atoms with van der Waals surface area (Å²) in [6.45, 7) is 4.46. The maximum atomic E-state index is 14.6. The number of Topliss-reactive ketones (excluding diaryl/α,β-unsaturated/α-hetero) is 2. The fourth-order valence-corrected chi connectivity index (χ4v) is 18.4. The monoisotopic (exact) mass is 1680 g/mol. The first-order chi connectivity index (χ1) is 58.8. The molecule has 4 aliphatic heterocycles. The Kier molecular flexibility index (Phi) is 33.9. The van der Waals surface area contributed by atoms with Crippen LogP contribution in [0.3, 0.4) is 0 Å². The van der Waals surface area contributed by atoms with Crippen molar-refractivity contribution in [3.05, 3.63) is 130 Å². The zero-order chi connectivity index (χ0) is 86.9. The molecule has 2 saturated heterocycles. The highest BCUT2D eigenvalue weighted by Crippen LogP contribution is 2.35. The van der Waals surface area contributed by atoms with Crippen molar-refractivity contribution in [1.29, 1.82) is 0 Å². The van der Waals surface area contributed by atoms with Gasteiger partial charge < -0.3 is 81.1 Å². The number of likely N-dealkylation sites (N-methyl/N-ethyl adjacent to an activating group) is 2. The Hall–Kier alpha value is -10.6. The van der Waals surface area contributed by atoms with Gasteiger partial charge in [-0.05, 0) is 171 Å². The number of ether oxygens (including phenoxy) is 4. The molecule has 4 fully saturated rings. The van der Waals surface area contributed by atoms with Crippen LogP contribution in [0.25, 0.3) is 0 Å². The van der Waals surface area contributed by atoms with Gasteiger partial charge in [-0.1, -0.05) is 138 Å². The van der Waals surface area contributed by atoms with Gasteiger partial charge in [-0.2, -0.15) is 0 Å². The standard InChI is InChI=1S/2C46H62N6O9/c2*1-4-13-36(42(55)44(57)47-27-39(54)50-41(45(58)51(2)3)33-24-31-17-8-9-18-32(31)25-33)48-43(56)37-26-35-28-52(37)46(59)40(30-15-6-5-7-16-30)49-38(53)23-29-14-12-19-34(22-29)60-20-10-11-21-61-35/h2*8-9,12,14,17-19,22,30,33,35-37,40-41H,4-7,10-11,13,15-16,20-21,23-28H2,1-3H3,(H,47,57)(H,48,56)(H,49,53)(H,50,54)/t35-,36+,37+,40+,41+;35-,36-,37+,40+,41+/m11/s1. The summed E-state index contributed by atoms with van der Waals surface area (Å²) in [7, 11) is 6.47. The fraction of sp³-hybridized carbons (Fsp3) is 0.587. The zero-order valence-corrected chi connectivity index (χ0v) is 71.5.